The number of nitrogens with two attached hydrogens (primary N) is 1. The summed E-state index contributed by atoms with van der Waals surface area (Å²) in [4.78, 5) is 16.2. The molecular weight excluding hydrogens is 238 g/mol. The molecule has 0 atom stereocenters. The highest BCUT2D eigenvalue weighted by Crippen LogP contribution is 2.22. The molecule has 1 aromatic heterocycles. The molecule has 0 bridgehead atoms. The van der Waals surface area contributed by atoms with Crippen LogP contribution < -0.4 is 11.1 Å². The van der Waals surface area contributed by atoms with Crippen LogP contribution in [0.25, 0.3) is 0 Å². The number of benzene rings is 1. The molecule has 4 nitrogen and oxygen atoms in total. The van der Waals surface area contributed by atoms with E-state index in [-0.39, 0.29) is 5.91 Å². The van der Waals surface area contributed by atoms with Crippen LogP contribution in [0.2, 0.25) is 0 Å². The second kappa shape index (κ2) is 5.10. The van der Waals surface area contributed by atoms with E-state index in [2.05, 4.69) is 10.3 Å². The molecule has 0 aliphatic heterocycles. The van der Waals surface area contributed by atoms with Gasteiger partial charge in [0.2, 0.25) is 0 Å². The summed E-state index contributed by atoms with van der Waals surface area (Å²) < 4.78 is 0. The van der Waals surface area contributed by atoms with Crippen LogP contribution in [0, 0.1) is 20.8 Å². The van der Waals surface area contributed by atoms with Crippen molar-refractivity contribution >= 4 is 17.3 Å². The van der Waals surface area contributed by atoms with Gasteiger partial charge in [-0.2, -0.15) is 0 Å². The number of aromatic nitrogens is 1. The van der Waals surface area contributed by atoms with E-state index in [4.69, 9.17) is 5.73 Å². The molecule has 0 saturated carbocycles. The zero-order valence-electron chi connectivity index (χ0n) is 11.3. The minimum Gasteiger partial charge on any atom is -0.399 e. The molecular formula is C15H17N3O. The number of hydrogen-bond acceptors (Lipinski definition) is 3. The first-order chi connectivity index (χ1) is 8.97. The second-order valence-corrected chi connectivity index (χ2v) is 4.67. The van der Waals surface area contributed by atoms with Crippen molar-refractivity contribution in [2.24, 2.45) is 0 Å². The van der Waals surface area contributed by atoms with E-state index < -0.39 is 0 Å². The van der Waals surface area contributed by atoms with Crippen molar-refractivity contribution in [3.05, 3.63) is 52.8 Å². The maximum absolute atomic E-state index is 12.1. The Morgan fingerprint density at radius 3 is 2.53 bits per heavy atom. The van der Waals surface area contributed by atoms with Crippen LogP contribution in [0.3, 0.4) is 0 Å². The minimum absolute atomic E-state index is 0.167. The molecule has 0 saturated heterocycles. The standard InChI is InChI=1S/C15H17N3O/c1-9-7-14(10(2)6-13(9)16)18-15(19)12-5-4-11(3)17-8-12/h4-8H,16H2,1-3H3,(H,18,19). The number of carbonyl (C=O) groups excluding carboxylic acids is 1. The number of nitrogen functional groups attached to an aromatic ring is 1. The molecule has 0 unspecified atom stereocenters. The molecule has 98 valence electrons. The predicted octanol–water partition coefficient (Wildman–Crippen LogP) is 2.84. The van der Waals surface area contributed by atoms with Crippen LogP contribution in [0.15, 0.2) is 30.5 Å². The van der Waals surface area contributed by atoms with E-state index in [1.165, 1.54) is 0 Å². The first-order valence-corrected chi connectivity index (χ1v) is 6.08. The lowest BCUT2D eigenvalue weighted by Gasteiger charge is -2.11. The number of rotatable bonds is 2. The zero-order chi connectivity index (χ0) is 14.0. The number of carbonyl (C=O) groups is 1. The average Bonchev–Trinajstić information content (AvgIpc) is 2.36. The van der Waals surface area contributed by atoms with Gasteiger partial charge in [0.05, 0.1) is 5.56 Å². The largest absolute Gasteiger partial charge is 0.399 e. The maximum atomic E-state index is 12.1. The second-order valence-electron chi connectivity index (χ2n) is 4.67. The Bertz CT molecular complexity index is 618. The maximum Gasteiger partial charge on any atom is 0.257 e. The summed E-state index contributed by atoms with van der Waals surface area (Å²) in [7, 11) is 0. The number of pyridine rings is 1. The van der Waals surface area contributed by atoms with Crippen molar-refractivity contribution in [2.75, 3.05) is 11.1 Å². The molecule has 4 heteroatoms. The van der Waals surface area contributed by atoms with Crippen molar-refractivity contribution in [1.29, 1.82) is 0 Å². The SMILES string of the molecule is Cc1ccc(C(=O)Nc2cc(C)c(N)cc2C)cn1. The molecule has 19 heavy (non-hydrogen) atoms. The number of hydrogen-bond donors (Lipinski definition) is 2. The third-order valence-corrected chi connectivity index (χ3v) is 3.03. The van der Waals surface area contributed by atoms with Gasteiger partial charge < -0.3 is 11.1 Å². The minimum atomic E-state index is -0.167. The topological polar surface area (TPSA) is 68.0 Å². The summed E-state index contributed by atoms with van der Waals surface area (Å²) in [6.45, 7) is 5.71. The Balaban J connectivity index is 2.24. The van der Waals surface area contributed by atoms with Crippen LogP contribution in [0.5, 0.6) is 0 Å². The molecule has 1 amide bonds. The lowest BCUT2D eigenvalue weighted by atomic mass is 10.1. The van der Waals surface area contributed by atoms with E-state index in [1.54, 1.807) is 12.3 Å². The van der Waals surface area contributed by atoms with Gasteiger partial charge in [0, 0.05) is 23.3 Å². The van der Waals surface area contributed by atoms with Crippen molar-refractivity contribution in [3.63, 3.8) is 0 Å². The molecule has 0 spiro atoms. The van der Waals surface area contributed by atoms with E-state index in [1.807, 2.05) is 39.0 Å². The third-order valence-electron chi connectivity index (χ3n) is 3.03. The van der Waals surface area contributed by atoms with Gasteiger partial charge in [0.25, 0.3) is 5.91 Å². The molecule has 1 heterocycles. The molecule has 0 aliphatic carbocycles. The normalized spacial score (nSPS) is 10.3. The van der Waals surface area contributed by atoms with E-state index in [9.17, 15) is 4.79 Å². The number of amides is 1. The Labute approximate surface area is 112 Å². The van der Waals surface area contributed by atoms with E-state index in [0.717, 1.165) is 28.2 Å². The highest BCUT2D eigenvalue weighted by molar-refractivity contribution is 6.04. The van der Waals surface area contributed by atoms with Crippen LogP contribution in [-0.2, 0) is 0 Å². The Hall–Kier alpha value is -2.36. The first-order valence-electron chi connectivity index (χ1n) is 6.08. The highest BCUT2D eigenvalue weighted by atomic mass is 16.1. The summed E-state index contributed by atoms with van der Waals surface area (Å²) in [5.41, 5.74) is 10.6. The lowest BCUT2D eigenvalue weighted by molar-refractivity contribution is 0.102. The van der Waals surface area contributed by atoms with Gasteiger partial charge in [0.1, 0.15) is 0 Å². The molecule has 2 aromatic rings. The highest BCUT2D eigenvalue weighted by Gasteiger charge is 2.09. The zero-order valence-corrected chi connectivity index (χ0v) is 11.3. The molecule has 0 radical (unpaired) electrons. The fourth-order valence-corrected chi connectivity index (χ4v) is 1.77. The number of aryl methyl sites for hydroxylation is 3. The summed E-state index contributed by atoms with van der Waals surface area (Å²) in [5.74, 6) is -0.167. The number of anilines is 2. The van der Waals surface area contributed by atoms with Crippen LogP contribution in [0.4, 0.5) is 11.4 Å². The Kier molecular flexibility index (Phi) is 3.51. The monoisotopic (exact) mass is 255 g/mol. The molecule has 2 rings (SSSR count). The fraction of sp³-hybridized carbons (Fsp3) is 0.200. The van der Waals surface area contributed by atoms with E-state index in [0.29, 0.717) is 5.56 Å². The number of nitrogens with zero attached hydrogens (tertiary/aromatic N) is 1. The fourth-order valence-electron chi connectivity index (χ4n) is 1.77. The first kappa shape index (κ1) is 13.1. The van der Waals surface area contributed by atoms with Gasteiger partial charge in [-0.1, -0.05) is 0 Å². The van der Waals surface area contributed by atoms with Crippen LogP contribution in [-0.4, -0.2) is 10.9 Å². The lowest BCUT2D eigenvalue weighted by Crippen LogP contribution is -2.13. The van der Waals surface area contributed by atoms with Crippen molar-refractivity contribution < 1.29 is 4.79 Å². The van der Waals surface area contributed by atoms with Gasteiger partial charge in [-0.25, -0.2) is 0 Å². The van der Waals surface area contributed by atoms with Gasteiger partial charge in [-0.05, 0) is 56.2 Å². The summed E-state index contributed by atoms with van der Waals surface area (Å²) >= 11 is 0. The van der Waals surface area contributed by atoms with Crippen molar-refractivity contribution in [2.45, 2.75) is 20.8 Å². The van der Waals surface area contributed by atoms with E-state index >= 15 is 0 Å². The molecule has 1 aromatic carbocycles. The molecule has 3 N–H and O–H groups in total. The molecule has 0 aliphatic rings. The summed E-state index contributed by atoms with van der Waals surface area (Å²) in [6, 6.07) is 7.32. The number of nitrogens with one attached hydrogen (secondary N) is 1. The van der Waals surface area contributed by atoms with Crippen molar-refractivity contribution in [1.82, 2.24) is 4.98 Å². The van der Waals surface area contributed by atoms with Gasteiger partial charge in [0.15, 0.2) is 0 Å². The van der Waals surface area contributed by atoms with Crippen LogP contribution >= 0.6 is 0 Å². The predicted molar refractivity (Wildman–Crippen MR) is 77.3 cm³/mol. The Morgan fingerprint density at radius 2 is 1.89 bits per heavy atom. The van der Waals surface area contributed by atoms with Gasteiger partial charge >= 0.3 is 0 Å². The smallest absolute Gasteiger partial charge is 0.257 e. The van der Waals surface area contributed by atoms with Gasteiger partial charge in [-0.3, -0.25) is 9.78 Å². The summed E-state index contributed by atoms with van der Waals surface area (Å²) in [6.07, 6.45) is 1.57. The third kappa shape index (κ3) is 2.91. The van der Waals surface area contributed by atoms with Crippen LogP contribution in [0.1, 0.15) is 27.2 Å². The van der Waals surface area contributed by atoms with Gasteiger partial charge in [-0.15, -0.1) is 0 Å². The quantitative estimate of drug-likeness (QED) is 0.811. The summed E-state index contributed by atoms with van der Waals surface area (Å²) in [5, 5.41) is 2.88. The Morgan fingerprint density at radius 1 is 1.16 bits per heavy atom. The van der Waals surface area contributed by atoms with Crippen molar-refractivity contribution in [3.8, 4) is 0 Å². The molecule has 0 fully saturated rings. The average molecular weight is 255 g/mol.